The summed E-state index contributed by atoms with van der Waals surface area (Å²) in [6.07, 6.45) is 9.77. The van der Waals surface area contributed by atoms with Crippen molar-refractivity contribution in [2.75, 3.05) is 7.05 Å². The zero-order chi connectivity index (χ0) is 19.3. The topological polar surface area (TPSA) is 97.9 Å². The smallest absolute Gasteiger partial charge is 0.257 e. The van der Waals surface area contributed by atoms with Crippen LogP contribution in [0.4, 0.5) is 0 Å². The van der Waals surface area contributed by atoms with Crippen LogP contribution in [0.1, 0.15) is 16.1 Å². The van der Waals surface area contributed by atoms with Crippen LogP contribution in [0, 0.1) is 0 Å². The largest absolute Gasteiger partial charge is 0.359 e. The third-order valence-electron chi connectivity index (χ3n) is 4.07. The van der Waals surface area contributed by atoms with Crippen molar-refractivity contribution in [3.05, 3.63) is 78.8 Å². The van der Waals surface area contributed by atoms with Gasteiger partial charge in [-0.15, -0.1) is 0 Å². The van der Waals surface area contributed by atoms with Gasteiger partial charge in [0.15, 0.2) is 11.6 Å². The first-order valence-corrected chi connectivity index (χ1v) is 8.54. The average molecular weight is 372 g/mol. The maximum Gasteiger partial charge on any atom is 0.257 e. The summed E-state index contributed by atoms with van der Waals surface area (Å²) in [7, 11) is 1.68. The fourth-order valence-corrected chi connectivity index (χ4v) is 2.65. The Bertz CT molecular complexity index is 1060. The standard InChI is InChI=1S/C20H16N6O2/c1-26(13-17-8-18(25-28-17)14-4-2-6-21-9-14)20(27)16-11-23-19(24-12-16)15-5-3-7-22-10-15/h2-12H,13H2,1H3. The highest BCUT2D eigenvalue weighted by atomic mass is 16.5. The Balaban J connectivity index is 1.44. The molecule has 0 bridgehead atoms. The van der Waals surface area contributed by atoms with E-state index in [9.17, 15) is 4.79 Å². The SMILES string of the molecule is CN(Cc1cc(-c2cccnc2)no1)C(=O)c1cnc(-c2cccnc2)nc1. The van der Waals surface area contributed by atoms with Gasteiger partial charge in [0.1, 0.15) is 5.69 Å². The molecule has 1 amide bonds. The van der Waals surface area contributed by atoms with Crippen LogP contribution >= 0.6 is 0 Å². The van der Waals surface area contributed by atoms with Crippen LogP contribution in [0.2, 0.25) is 0 Å². The predicted molar refractivity (Wildman–Crippen MR) is 101 cm³/mol. The Morgan fingerprint density at radius 2 is 1.68 bits per heavy atom. The lowest BCUT2D eigenvalue weighted by atomic mass is 10.2. The van der Waals surface area contributed by atoms with E-state index < -0.39 is 0 Å². The fraction of sp³-hybridized carbons (Fsp3) is 0.100. The highest BCUT2D eigenvalue weighted by Crippen LogP contribution is 2.19. The number of rotatable bonds is 5. The summed E-state index contributed by atoms with van der Waals surface area (Å²) in [5.41, 5.74) is 2.71. The Labute approximate surface area is 160 Å². The summed E-state index contributed by atoms with van der Waals surface area (Å²) < 4.78 is 5.34. The second-order valence-corrected chi connectivity index (χ2v) is 6.12. The second kappa shape index (κ2) is 7.75. The van der Waals surface area contributed by atoms with Gasteiger partial charge >= 0.3 is 0 Å². The van der Waals surface area contributed by atoms with E-state index in [0.29, 0.717) is 22.8 Å². The third kappa shape index (κ3) is 3.75. The van der Waals surface area contributed by atoms with Gasteiger partial charge in [0.2, 0.25) is 0 Å². The first-order chi connectivity index (χ1) is 13.7. The van der Waals surface area contributed by atoms with Crippen LogP contribution in [-0.2, 0) is 6.54 Å². The van der Waals surface area contributed by atoms with Crippen LogP contribution in [0.3, 0.4) is 0 Å². The number of carbonyl (C=O) groups is 1. The lowest BCUT2D eigenvalue weighted by Crippen LogP contribution is -2.26. The first-order valence-electron chi connectivity index (χ1n) is 8.54. The number of carbonyl (C=O) groups excluding carboxylic acids is 1. The van der Waals surface area contributed by atoms with E-state index in [1.807, 2.05) is 24.3 Å². The molecular formula is C20H16N6O2. The van der Waals surface area contributed by atoms with E-state index in [1.165, 1.54) is 17.3 Å². The molecule has 28 heavy (non-hydrogen) atoms. The molecule has 8 heteroatoms. The molecule has 8 nitrogen and oxygen atoms in total. The molecule has 0 N–H and O–H groups in total. The molecule has 0 unspecified atom stereocenters. The minimum absolute atomic E-state index is 0.211. The maximum atomic E-state index is 12.6. The molecule has 0 radical (unpaired) electrons. The predicted octanol–water partition coefficient (Wildman–Crippen LogP) is 2.86. The van der Waals surface area contributed by atoms with E-state index in [4.69, 9.17) is 4.52 Å². The molecule has 4 rings (SSSR count). The Morgan fingerprint density at radius 3 is 2.32 bits per heavy atom. The summed E-state index contributed by atoms with van der Waals surface area (Å²) in [6.45, 7) is 0.274. The van der Waals surface area contributed by atoms with Crippen LogP contribution in [0.25, 0.3) is 22.6 Å². The molecule has 4 aromatic heterocycles. The number of aromatic nitrogens is 5. The van der Waals surface area contributed by atoms with Crippen LogP contribution in [-0.4, -0.2) is 42.9 Å². The summed E-state index contributed by atoms with van der Waals surface area (Å²) in [5, 5.41) is 4.03. The Hall–Kier alpha value is -3.94. The zero-order valence-corrected chi connectivity index (χ0v) is 15.1. The van der Waals surface area contributed by atoms with Crippen molar-refractivity contribution in [1.82, 2.24) is 30.0 Å². The summed E-state index contributed by atoms with van der Waals surface area (Å²) in [4.78, 5) is 30.8. The van der Waals surface area contributed by atoms with Gasteiger partial charge in [0.25, 0.3) is 5.91 Å². The number of nitrogens with zero attached hydrogens (tertiary/aromatic N) is 6. The van der Waals surface area contributed by atoms with Gasteiger partial charge in [-0.25, -0.2) is 9.97 Å². The van der Waals surface area contributed by atoms with Crippen molar-refractivity contribution < 1.29 is 9.32 Å². The normalized spacial score (nSPS) is 10.6. The molecule has 4 aromatic rings. The third-order valence-corrected chi connectivity index (χ3v) is 4.07. The number of hydrogen-bond acceptors (Lipinski definition) is 7. The number of hydrogen-bond donors (Lipinski definition) is 0. The number of amides is 1. The first kappa shape index (κ1) is 17.5. The van der Waals surface area contributed by atoms with Crippen molar-refractivity contribution in [2.45, 2.75) is 6.54 Å². The molecule has 0 aliphatic rings. The van der Waals surface area contributed by atoms with Gasteiger partial charge in [0.05, 0.1) is 12.1 Å². The van der Waals surface area contributed by atoms with E-state index in [-0.39, 0.29) is 12.5 Å². The molecule has 0 saturated carbocycles. The van der Waals surface area contributed by atoms with E-state index in [2.05, 4.69) is 25.1 Å². The van der Waals surface area contributed by atoms with Crippen molar-refractivity contribution in [1.29, 1.82) is 0 Å². The van der Waals surface area contributed by atoms with Crippen LogP contribution in [0.5, 0.6) is 0 Å². The molecule has 0 atom stereocenters. The monoisotopic (exact) mass is 372 g/mol. The summed E-state index contributed by atoms with van der Waals surface area (Å²) >= 11 is 0. The van der Waals surface area contributed by atoms with Gasteiger partial charge in [-0.3, -0.25) is 14.8 Å². The molecule has 0 aliphatic heterocycles. The lowest BCUT2D eigenvalue weighted by Gasteiger charge is -2.14. The van der Waals surface area contributed by atoms with Crippen LogP contribution in [0.15, 0.2) is 72.0 Å². The molecular weight excluding hydrogens is 356 g/mol. The fourth-order valence-electron chi connectivity index (χ4n) is 2.65. The van der Waals surface area contributed by atoms with E-state index in [1.54, 1.807) is 37.9 Å². The lowest BCUT2D eigenvalue weighted by molar-refractivity contribution is 0.0771. The highest BCUT2D eigenvalue weighted by molar-refractivity contribution is 5.93. The summed E-state index contributed by atoms with van der Waals surface area (Å²) in [5.74, 6) is 0.878. The molecule has 138 valence electrons. The van der Waals surface area contributed by atoms with Gasteiger partial charge in [0, 0.05) is 61.4 Å². The minimum atomic E-state index is -0.211. The molecule has 0 spiro atoms. The minimum Gasteiger partial charge on any atom is -0.359 e. The van der Waals surface area contributed by atoms with Gasteiger partial charge in [-0.2, -0.15) is 0 Å². The van der Waals surface area contributed by atoms with Crippen molar-refractivity contribution in [3.8, 4) is 22.6 Å². The Kier molecular flexibility index (Phi) is 4.83. The van der Waals surface area contributed by atoms with Crippen molar-refractivity contribution >= 4 is 5.91 Å². The molecule has 0 aromatic carbocycles. The van der Waals surface area contributed by atoms with Crippen molar-refractivity contribution in [3.63, 3.8) is 0 Å². The van der Waals surface area contributed by atoms with E-state index >= 15 is 0 Å². The van der Waals surface area contributed by atoms with Gasteiger partial charge in [-0.1, -0.05) is 5.16 Å². The molecule has 0 saturated heterocycles. The highest BCUT2D eigenvalue weighted by Gasteiger charge is 2.16. The van der Waals surface area contributed by atoms with Gasteiger partial charge < -0.3 is 9.42 Å². The molecule has 0 fully saturated rings. The zero-order valence-electron chi connectivity index (χ0n) is 15.1. The quantitative estimate of drug-likeness (QED) is 0.531. The number of pyridine rings is 2. The Morgan fingerprint density at radius 1 is 1.00 bits per heavy atom. The summed E-state index contributed by atoms with van der Waals surface area (Å²) in [6, 6.07) is 9.18. The van der Waals surface area contributed by atoms with E-state index in [0.717, 1.165) is 11.1 Å². The van der Waals surface area contributed by atoms with Crippen LogP contribution < -0.4 is 0 Å². The average Bonchev–Trinajstić information content (AvgIpc) is 3.23. The van der Waals surface area contributed by atoms with Crippen molar-refractivity contribution in [2.24, 2.45) is 0 Å². The molecule has 0 aliphatic carbocycles. The van der Waals surface area contributed by atoms with Gasteiger partial charge in [-0.05, 0) is 24.3 Å². The second-order valence-electron chi connectivity index (χ2n) is 6.12. The molecule has 4 heterocycles. The maximum absolute atomic E-state index is 12.6.